The highest BCUT2D eigenvalue weighted by Gasteiger charge is 2.19. The summed E-state index contributed by atoms with van der Waals surface area (Å²) in [6.45, 7) is 10.0. The maximum Gasteiger partial charge on any atom is 0.206 e. The molecule has 0 N–H and O–H groups in total. The van der Waals surface area contributed by atoms with E-state index < -0.39 is 9.84 Å². The molecule has 0 aliphatic heterocycles. The molecule has 0 saturated heterocycles. The lowest BCUT2D eigenvalue weighted by atomic mass is 9.95. The Hall–Kier alpha value is -2.89. The lowest BCUT2D eigenvalue weighted by molar-refractivity contribution is 0.204. The largest absolute Gasteiger partial charge is 0.486 e. The molecular weight excluding hydrogens is 444 g/mol. The second-order valence-electron chi connectivity index (χ2n) is 8.04. The third kappa shape index (κ3) is 8.15. The van der Waals surface area contributed by atoms with Gasteiger partial charge < -0.3 is 9.47 Å². The fourth-order valence-corrected chi connectivity index (χ4v) is 4.74. The van der Waals surface area contributed by atoms with E-state index in [1.807, 2.05) is 13.8 Å². The Labute approximate surface area is 205 Å². The van der Waals surface area contributed by atoms with Crippen LogP contribution in [0.2, 0.25) is 0 Å². The first-order chi connectivity index (χ1) is 16.3. The van der Waals surface area contributed by atoms with Crippen LogP contribution in [0.25, 0.3) is 0 Å². The van der Waals surface area contributed by atoms with Crippen LogP contribution < -0.4 is 4.74 Å². The van der Waals surface area contributed by atoms with E-state index in [9.17, 15) is 8.42 Å². The first kappa shape index (κ1) is 27.4. The molecule has 0 saturated carbocycles. The van der Waals surface area contributed by atoms with Gasteiger partial charge in [0.05, 0.1) is 9.80 Å². The van der Waals surface area contributed by atoms with E-state index in [4.69, 9.17) is 9.47 Å². The molecule has 1 aliphatic carbocycles. The number of allylic oxidation sites excluding steroid dienone is 9. The van der Waals surface area contributed by atoms with Crippen LogP contribution in [0.15, 0.2) is 112 Å². The summed E-state index contributed by atoms with van der Waals surface area (Å²) >= 11 is 0. The van der Waals surface area contributed by atoms with Crippen molar-refractivity contribution in [1.29, 1.82) is 0 Å². The topological polar surface area (TPSA) is 52.6 Å². The van der Waals surface area contributed by atoms with Gasteiger partial charge in [-0.25, -0.2) is 8.42 Å². The number of hydrogen-bond acceptors (Lipinski definition) is 4. The molecule has 1 aromatic rings. The second kappa shape index (κ2) is 13.7. The summed E-state index contributed by atoms with van der Waals surface area (Å²) in [7, 11) is -1.89. The van der Waals surface area contributed by atoms with E-state index in [1.54, 1.807) is 56.5 Å². The first-order valence-corrected chi connectivity index (χ1v) is 13.0. The highest BCUT2D eigenvalue weighted by molar-refractivity contribution is 7.95. The molecular formula is C29H36O4S. The fraction of sp³-hybridized carbons (Fsp3) is 0.310. The molecule has 0 radical (unpaired) electrons. The van der Waals surface area contributed by atoms with Crippen LogP contribution in [0.1, 0.15) is 40.0 Å². The lowest BCUT2D eigenvalue weighted by Gasteiger charge is -2.19. The Morgan fingerprint density at radius 3 is 2.47 bits per heavy atom. The Morgan fingerprint density at radius 2 is 1.91 bits per heavy atom. The molecule has 0 amide bonds. The van der Waals surface area contributed by atoms with Crippen molar-refractivity contribution in [2.24, 2.45) is 0 Å². The van der Waals surface area contributed by atoms with Crippen LogP contribution in [0.4, 0.5) is 0 Å². The normalized spacial score (nSPS) is 17.4. The van der Waals surface area contributed by atoms with E-state index in [1.165, 1.54) is 11.1 Å². The Bertz CT molecular complexity index is 1110. The molecule has 182 valence electrons. The average Bonchev–Trinajstić information content (AvgIpc) is 2.82. The quantitative estimate of drug-likeness (QED) is 0.183. The molecule has 1 atom stereocenters. The number of methoxy groups -OCH3 is 1. The van der Waals surface area contributed by atoms with Gasteiger partial charge in [0.1, 0.15) is 11.9 Å². The third-order valence-electron chi connectivity index (χ3n) is 5.27. The van der Waals surface area contributed by atoms with Gasteiger partial charge in [-0.15, -0.1) is 0 Å². The number of hydrogen-bond donors (Lipinski definition) is 0. The minimum Gasteiger partial charge on any atom is -0.486 e. The highest BCUT2D eigenvalue weighted by Crippen LogP contribution is 2.27. The van der Waals surface area contributed by atoms with Gasteiger partial charge in [0.25, 0.3) is 0 Å². The van der Waals surface area contributed by atoms with Gasteiger partial charge in [0.2, 0.25) is 9.84 Å². The molecule has 2 rings (SSSR count). The molecule has 34 heavy (non-hydrogen) atoms. The van der Waals surface area contributed by atoms with Crippen molar-refractivity contribution in [2.75, 3.05) is 13.7 Å². The summed E-state index contributed by atoms with van der Waals surface area (Å²) < 4.78 is 37.1. The van der Waals surface area contributed by atoms with Crippen molar-refractivity contribution < 1.29 is 17.9 Å². The number of rotatable bonds is 12. The molecule has 1 aliphatic rings. The number of ether oxygens (including phenoxy) is 2. The van der Waals surface area contributed by atoms with Gasteiger partial charge in [0, 0.05) is 20.1 Å². The van der Waals surface area contributed by atoms with E-state index in [0.717, 1.165) is 24.8 Å². The number of benzene rings is 1. The summed E-state index contributed by atoms with van der Waals surface area (Å²) in [5, 5.41) is 0. The summed E-state index contributed by atoms with van der Waals surface area (Å²) in [5.74, 6) is 0.634. The smallest absolute Gasteiger partial charge is 0.206 e. The SMILES string of the molecule is C=C(C)/C=C\C(=C/C)S(=O)(=O)c1ccc(OC2C=CC(/C(=C/CCOC)C/C=C\C)=CC2)cc1. The predicted molar refractivity (Wildman–Crippen MR) is 142 cm³/mol. The highest BCUT2D eigenvalue weighted by atomic mass is 32.2. The third-order valence-corrected chi connectivity index (χ3v) is 7.15. The summed E-state index contributed by atoms with van der Waals surface area (Å²) in [6, 6.07) is 6.59. The van der Waals surface area contributed by atoms with Crippen LogP contribution in [-0.2, 0) is 14.6 Å². The minimum absolute atomic E-state index is 0.0993. The maximum atomic E-state index is 12.9. The number of sulfone groups is 1. The maximum absolute atomic E-state index is 12.9. The molecule has 0 heterocycles. The minimum atomic E-state index is -3.60. The van der Waals surface area contributed by atoms with Crippen molar-refractivity contribution in [1.82, 2.24) is 0 Å². The lowest BCUT2D eigenvalue weighted by Crippen LogP contribution is -2.15. The summed E-state index contributed by atoms with van der Waals surface area (Å²) in [4.78, 5) is 0.472. The van der Waals surface area contributed by atoms with E-state index in [-0.39, 0.29) is 15.9 Å². The van der Waals surface area contributed by atoms with Crippen molar-refractivity contribution in [3.8, 4) is 5.75 Å². The fourth-order valence-electron chi connectivity index (χ4n) is 3.41. The zero-order chi connectivity index (χ0) is 25.0. The molecule has 0 spiro atoms. The van der Waals surface area contributed by atoms with Gasteiger partial charge in [0.15, 0.2) is 0 Å². The Morgan fingerprint density at radius 1 is 1.18 bits per heavy atom. The molecule has 4 nitrogen and oxygen atoms in total. The molecule has 0 aromatic heterocycles. The van der Waals surface area contributed by atoms with Gasteiger partial charge in [-0.2, -0.15) is 0 Å². The van der Waals surface area contributed by atoms with Crippen LogP contribution in [-0.4, -0.2) is 28.2 Å². The molecule has 0 fully saturated rings. The Kier molecular flexibility index (Phi) is 11.0. The van der Waals surface area contributed by atoms with Gasteiger partial charge in [-0.1, -0.05) is 54.7 Å². The standard InChI is InChI=1S/C29H36O4S/c1-6-8-10-24(11-9-22-32-5)25-13-15-26(16-14-25)33-27-17-20-29(21-18-27)34(30,31)28(7-2)19-12-23(3)4/h6-8,11-15,17-21,26H,3,9-10,16,22H2,1-2,4-5H3/b8-6-,19-12-,24-11+,28-7+. The zero-order valence-electron chi connectivity index (χ0n) is 20.7. The van der Waals surface area contributed by atoms with Crippen molar-refractivity contribution in [3.05, 3.63) is 107 Å². The summed E-state index contributed by atoms with van der Waals surface area (Å²) in [5.41, 5.74) is 3.27. The van der Waals surface area contributed by atoms with Crippen molar-refractivity contribution >= 4 is 9.84 Å². The van der Waals surface area contributed by atoms with Gasteiger partial charge in [-0.05, 0) is 81.2 Å². The molecule has 1 unspecified atom stereocenters. The first-order valence-electron chi connectivity index (χ1n) is 11.5. The van der Waals surface area contributed by atoms with Crippen molar-refractivity contribution in [3.63, 3.8) is 0 Å². The second-order valence-corrected chi connectivity index (χ2v) is 9.99. The summed E-state index contributed by atoms with van der Waals surface area (Å²) in [6.07, 6.45) is 20.0. The van der Waals surface area contributed by atoms with Gasteiger partial charge in [-0.3, -0.25) is 0 Å². The zero-order valence-corrected chi connectivity index (χ0v) is 21.5. The van der Waals surface area contributed by atoms with Crippen LogP contribution in [0, 0.1) is 0 Å². The van der Waals surface area contributed by atoms with Crippen molar-refractivity contribution in [2.45, 2.75) is 51.0 Å². The van der Waals surface area contributed by atoms with E-state index >= 15 is 0 Å². The van der Waals surface area contributed by atoms with E-state index in [2.05, 4.69) is 43.0 Å². The predicted octanol–water partition coefficient (Wildman–Crippen LogP) is 7.06. The van der Waals surface area contributed by atoms with Crippen LogP contribution in [0.5, 0.6) is 5.75 Å². The average molecular weight is 481 g/mol. The molecule has 5 heteroatoms. The molecule has 1 aromatic carbocycles. The van der Waals surface area contributed by atoms with Gasteiger partial charge >= 0.3 is 0 Å². The van der Waals surface area contributed by atoms with Crippen LogP contribution in [0.3, 0.4) is 0 Å². The Balaban J connectivity index is 2.07. The van der Waals surface area contributed by atoms with Crippen LogP contribution >= 0.6 is 0 Å². The monoisotopic (exact) mass is 480 g/mol. The molecule has 0 bridgehead atoms. The van der Waals surface area contributed by atoms with E-state index in [0.29, 0.717) is 12.4 Å².